The molecule has 8 nitrogen and oxygen atoms in total. The zero-order valence-electron chi connectivity index (χ0n) is 17.3. The van der Waals surface area contributed by atoms with Crippen LogP contribution in [0.1, 0.15) is 5.56 Å². The van der Waals surface area contributed by atoms with E-state index in [1.165, 1.54) is 48.7 Å². The number of halogens is 3. The summed E-state index contributed by atoms with van der Waals surface area (Å²) in [6.45, 7) is -0.241. The lowest BCUT2D eigenvalue weighted by Gasteiger charge is -2.07. The Kier molecular flexibility index (Phi) is 8.55. The number of carbonyl (C=O) groups is 3. The average molecular weight is 503 g/mol. The predicted molar refractivity (Wildman–Crippen MR) is 128 cm³/mol. The Labute approximate surface area is 203 Å². The van der Waals surface area contributed by atoms with Crippen LogP contribution in [-0.4, -0.2) is 30.5 Å². The van der Waals surface area contributed by atoms with Crippen molar-refractivity contribution in [2.45, 2.75) is 0 Å². The van der Waals surface area contributed by atoms with Crippen LogP contribution in [0.15, 0.2) is 71.8 Å². The number of hydrogen-bond donors (Lipinski definition) is 3. The maximum Gasteiger partial charge on any atom is 0.329 e. The average Bonchev–Trinajstić information content (AvgIpc) is 2.82. The number of nitrogens with zero attached hydrogens (tertiary/aromatic N) is 1. The molecule has 0 saturated carbocycles. The van der Waals surface area contributed by atoms with E-state index < -0.39 is 23.5 Å². The van der Waals surface area contributed by atoms with Crippen molar-refractivity contribution < 1.29 is 23.5 Å². The fraction of sp³-hybridized carbons (Fsp3) is 0.0435. The standard InChI is InChI=1S/C23H17Cl2FN4O4/c24-19-10-7-17(11-20(19)25)29-22(32)23(33)30-27-12-14-1-8-18(9-2-14)34-13-21(31)28-16-5-3-15(26)4-6-16/h1-12H,13H2,(H,28,31)(H,29,32)(H,30,33)/b27-12-. The van der Waals surface area contributed by atoms with Crippen LogP contribution in [0.3, 0.4) is 0 Å². The Morgan fingerprint density at radius 1 is 0.853 bits per heavy atom. The van der Waals surface area contributed by atoms with Crippen LogP contribution >= 0.6 is 23.2 Å². The minimum Gasteiger partial charge on any atom is -0.484 e. The summed E-state index contributed by atoms with van der Waals surface area (Å²) < 4.78 is 18.3. The van der Waals surface area contributed by atoms with E-state index in [0.717, 1.165) is 0 Å². The maximum atomic E-state index is 12.9. The van der Waals surface area contributed by atoms with Gasteiger partial charge >= 0.3 is 11.8 Å². The van der Waals surface area contributed by atoms with Gasteiger partial charge in [-0.3, -0.25) is 14.4 Å². The summed E-state index contributed by atoms with van der Waals surface area (Å²) in [6.07, 6.45) is 1.33. The molecule has 0 saturated heterocycles. The largest absolute Gasteiger partial charge is 0.484 e. The molecule has 3 rings (SSSR count). The summed E-state index contributed by atoms with van der Waals surface area (Å²) >= 11 is 11.7. The second kappa shape index (κ2) is 11.8. The lowest BCUT2D eigenvalue weighted by molar-refractivity contribution is -0.136. The molecule has 3 N–H and O–H groups in total. The van der Waals surface area contributed by atoms with Gasteiger partial charge in [-0.1, -0.05) is 23.2 Å². The van der Waals surface area contributed by atoms with Crippen molar-refractivity contribution in [3.63, 3.8) is 0 Å². The van der Waals surface area contributed by atoms with E-state index in [0.29, 0.717) is 27.7 Å². The molecule has 3 aromatic rings. The molecule has 0 bridgehead atoms. The van der Waals surface area contributed by atoms with Crippen LogP contribution < -0.4 is 20.8 Å². The van der Waals surface area contributed by atoms with Crippen LogP contribution in [0.4, 0.5) is 15.8 Å². The third-order valence-electron chi connectivity index (χ3n) is 4.14. The van der Waals surface area contributed by atoms with Gasteiger partial charge in [-0.05, 0) is 72.3 Å². The molecule has 3 aromatic carbocycles. The third kappa shape index (κ3) is 7.58. The molecule has 174 valence electrons. The minimum atomic E-state index is -0.977. The van der Waals surface area contributed by atoms with E-state index in [1.54, 1.807) is 24.3 Å². The molecular weight excluding hydrogens is 486 g/mol. The number of amides is 3. The van der Waals surface area contributed by atoms with Crippen molar-refractivity contribution in [1.82, 2.24) is 5.43 Å². The SMILES string of the molecule is O=C(COc1ccc(/C=N\NC(=O)C(=O)Nc2ccc(Cl)c(Cl)c2)cc1)Nc1ccc(F)cc1. The summed E-state index contributed by atoms with van der Waals surface area (Å²) in [4.78, 5) is 35.7. The fourth-order valence-electron chi connectivity index (χ4n) is 2.51. The monoisotopic (exact) mass is 502 g/mol. The zero-order valence-corrected chi connectivity index (χ0v) is 18.9. The molecule has 0 atom stereocenters. The zero-order chi connectivity index (χ0) is 24.5. The van der Waals surface area contributed by atoms with E-state index in [9.17, 15) is 18.8 Å². The van der Waals surface area contributed by atoms with E-state index in [4.69, 9.17) is 27.9 Å². The topological polar surface area (TPSA) is 109 Å². The highest BCUT2D eigenvalue weighted by Crippen LogP contribution is 2.24. The molecule has 0 heterocycles. The summed E-state index contributed by atoms with van der Waals surface area (Å²) in [5.41, 5.74) is 3.47. The molecule has 0 aliphatic rings. The molecule has 0 spiro atoms. The highest BCUT2D eigenvalue weighted by atomic mass is 35.5. The summed E-state index contributed by atoms with van der Waals surface area (Å²) in [5.74, 6) is -2.28. The summed E-state index contributed by atoms with van der Waals surface area (Å²) in [5, 5.41) is 9.24. The van der Waals surface area contributed by atoms with Gasteiger partial charge in [-0.25, -0.2) is 9.82 Å². The summed E-state index contributed by atoms with van der Waals surface area (Å²) in [7, 11) is 0. The van der Waals surface area contributed by atoms with Crippen molar-refractivity contribution in [2.24, 2.45) is 5.10 Å². The molecule has 3 amide bonds. The van der Waals surface area contributed by atoms with Crippen LogP contribution in [0.2, 0.25) is 10.0 Å². The highest BCUT2D eigenvalue weighted by molar-refractivity contribution is 6.43. The molecule has 0 radical (unpaired) electrons. The van der Waals surface area contributed by atoms with Crippen molar-refractivity contribution >= 4 is 58.5 Å². The first-order valence-corrected chi connectivity index (χ1v) is 10.4. The van der Waals surface area contributed by atoms with Gasteiger partial charge in [-0.15, -0.1) is 0 Å². The Morgan fingerprint density at radius 3 is 2.21 bits per heavy atom. The normalized spacial score (nSPS) is 10.6. The molecule has 0 aliphatic carbocycles. The Morgan fingerprint density at radius 2 is 1.53 bits per heavy atom. The van der Waals surface area contributed by atoms with Gasteiger partial charge in [0.25, 0.3) is 5.91 Å². The maximum absolute atomic E-state index is 12.9. The van der Waals surface area contributed by atoms with Gasteiger partial charge < -0.3 is 15.4 Å². The Hall–Kier alpha value is -3.95. The second-order valence-corrected chi connectivity index (χ2v) is 7.51. The first kappa shape index (κ1) is 24.7. The van der Waals surface area contributed by atoms with Gasteiger partial charge in [0.2, 0.25) is 0 Å². The lowest BCUT2D eigenvalue weighted by Crippen LogP contribution is -2.32. The number of benzene rings is 3. The van der Waals surface area contributed by atoms with Crippen LogP contribution in [0.5, 0.6) is 5.75 Å². The number of carbonyl (C=O) groups excluding carboxylic acids is 3. The van der Waals surface area contributed by atoms with Gasteiger partial charge in [0, 0.05) is 11.4 Å². The number of hydrazone groups is 1. The fourth-order valence-corrected chi connectivity index (χ4v) is 2.81. The molecule has 34 heavy (non-hydrogen) atoms. The lowest BCUT2D eigenvalue weighted by atomic mass is 10.2. The number of ether oxygens (including phenoxy) is 1. The van der Waals surface area contributed by atoms with E-state index in [2.05, 4.69) is 21.2 Å². The molecule has 0 aliphatic heterocycles. The van der Waals surface area contributed by atoms with Crippen molar-refractivity contribution in [1.29, 1.82) is 0 Å². The number of hydrogen-bond acceptors (Lipinski definition) is 5. The van der Waals surface area contributed by atoms with Crippen LogP contribution in [-0.2, 0) is 14.4 Å². The second-order valence-electron chi connectivity index (χ2n) is 6.69. The molecule has 0 aromatic heterocycles. The van der Waals surface area contributed by atoms with Crippen LogP contribution in [0.25, 0.3) is 0 Å². The Bertz CT molecular complexity index is 1220. The van der Waals surface area contributed by atoms with Crippen molar-refractivity contribution in [2.75, 3.05) is 17.2 Å². The molecule has 0 unspecified atom stereocenters. The molecule has 0 fully saturated rings. The van der Waals surface area contributed by atoms with Gasteiger partial charge in [0.15, 0.2) is 6.61 Å². The van der Waals surface area contributed by atoms with Gasteiger partial charge in [0.1, 0.15) is 11.6 Å². The van der Waals surface area contributed by atoms with E-state index in [1.807, 2.05) is 0 Å². The minimum absolute atomic E-state index is 0.235. The van der Waals surface area contributed by atoms with Gasteiger partial charge in [-0.2, -0.15) is 5.10 Å². The highest BCUT2D eigenvalue weighted by Gasteiger charge is 2.13. The first-order chi connectivity index (χ1) is 16.3. The number of nitrogens with one attached hydrogen (secondary N) is 3. The van der Waals surface area contributed by atoms with E-state index in [-0.39, 0.29) is 11.6 Å². The molecular formula is C23H17Cl2FN4O4. The third-order valence-corrected chi connectivity index (χ3v) is 4.88. The van der Waals surface area contributed by atoms with Crippen molar-refractivity contribution in [3.05, 3.63) is 88.2 Å². The Balaban J connectivity index is 1.43. The molecule has 11 heteroatoms. The summed E-state index contributed by atoms with van der Waals surface area (Å²) in [6, 6.07) is 16.2. The quantitative estimate of drug-likeness (QED) is 0.255. The van der Waals surface area contributed by atoms with Crippen molar-refractivity contribution in [3.8, 4) is 5.75 Å². The smallest absolute Gasteiger partial charge is 0.329 e. The van der Waals surface area contributed by atoms with Gasteiger partial charge in [0.05, 0.1) is 16.3 Å². The van der Waals surface area contributed by atoms with Crippen LogP contribution in [0, 0.1) is 5.82 Å². The first-order valence-electron chi connectivity index (χ1n) is 9.68. The number of rotatable bonds is 7. The number of anilines is 2. The predicted octanol–water partition coefficient (Wildman–Crippen LogP) is 4.24. The van der Waals surface area contributed by atoms with E-state index >= 15 is 0 Å².